The van der Waals surface area contributed by atoms with Crippen molar-refractivity contribution in [3.63, 3.8) is 0 Å². The molecule has 1 aliphatic carbocycles. The van der Waals surface area contributed by atoms with Crippen molar-refractivity contribution in [2.24, 2.45) is 5.92 Å². The van der Waals surface area contributed by atoms with Crippen LogP contribution in [-0.2, 0) is 16.0 Å². The van der Waals surface area contributed by atoms with E-state index in [1.54, 1.807) is 17.7 Å². The van der Waals surface area contributed by atoms with Gasteiger partial charge in [0.15, 0.2) is 5.78 Å². The van der Waals surface area contributed by atoms with E-state index in [1.165, 1.54) is 31.0 Å². The lowest BCUT2D eigenvalue weighted by Gasteiger charge is -2.42. The summed E-state index contributed by atoms with van der Waals surface area (Å²) in [5.74, 6) is 0.928. The Kier molecular flexibility index (Phi) is 10.8. The SMILES string of the molecule is CC(=O)c1c(C)c2cnc(Nc3ccc(CCC4CCN(C5CCN(c6ccc(C7CCC(=O)NC7=O)cc6)CC5)CC4)cn3)nc2n(C2CCCC2)c1=O. The Morgan fingerprint density at radius 2 is 1.60 bits per heavy atom. The summed E-state index contributed by atoms with van der Waals surface area (Å²) in [6.45, 7) is 7.65. The molecule has 12 heteroatoms. The van der Waals surface area contributed by atoms with Crippen LogP contribution in [0.1, 0.15) is 117 Å². The number of Topliss-reactive ketones (excluding diaryl/α,β-unsaturated/α-hetero) is 1. The minimum absolute atomic E-state index is 0.0333. The summed E-state index contributed by atoms with van der Waals surface area (Å²) in [6.07, 6.45) is 15.5. The van der Waals surface area contributed by atoms with Gasteiger partial charge in [0.2, 0.25) is 17.8 Å². The first kappa shape index (κ1) is 37.0. The Morgan fingerprint density at radius 1 is 0.855 bits per heavy atom. The molecular weight excluding hydrogens is 693 g/mol. The fourth-order valence-electron chi connectivity index (χ4n) is 9.47. The zero-order valence-electron chi connectivity index (χ0n) is 32.1. The van der Waals surface area contributed by atoms with Crippen molar-refractivity contribution in [1.82, 2.24) is 29.7 Å². The average Bonchev–Trinajstić information content (AvgIpc) is 3.73. The van der Waals surface area contributed by atoms with Crippen LogP contribution in [0.5, 0.6) is 0 Å². The van der Waals surface area contributed by atoms with Gasteiger partial charge in [0.1, 0.15) is 11.5 Å². The van der Waals surface area contributed by atoms with Gasteiger partial charge in [-0.2, -0.15) is 4.98 Å². The number of nitrogens with one attached hydrogen (secondary N) is 2. The van der Waals surface area contributed by atoms with Crippen molar-refractivity contribution < 1.29 is 14.4 Å². The van der Waals surface area contributed by atoms with Crippen LogP contribution in [0.15, 0.2) is 53.6 Å². The van der Waals surface area contributed by atoms with Crippen LogP contribution in [0.25, 0.3) is 11.0 Å². The van der Waals surface area contributed by atoms with E-state index in [2.05, 4.69) is 60.7 Å². The number of likely N-dealkylation sites (tertiary alicyclic amines) is 1. The van der Waals surface area contributed by atoms with Gasteiger partial charge in [0, 0.05) is 55.1 Å². The highest BCUT2D eigenvalue weighted by atomic mass is 16.2. The minimum atomic E-state index is -0.253. The molecule has 3 saturated heterocycles. The second kappa shape index (κ2) is 16.0. The highest BCUT2D eigenvalue weighted by Crippen LogP contribution is 2.33. The molecule has 8 rings (SSSR count). The maximum atomic E-state index is 13.5. The normalized spacial score (nSPS) is 20.6. The number of ketones is 1. The first-order valence-corrected chi connectivity index (χ1v) is 20.3. The number of hydrogen-bond acceptors (Lipinski definition) is 10. The lowest BCUT2D eigenvalue weighted by molar-refractivity contribution is -0.134. The fraction of sp³-hybridized carbons (Fsp3) is 0.512. The van der Waals surface area contributed by atoms with Crippen molar-refractivity contribution in [1.29, 1.82) is 0 Å². The molecule has 55 heavy (non-hydrogen) atoms. The number of amides is 2. The molecule has 2 amide bonds. The van der Waals surface area contributed by atoms with Gasteiger partial charge in [-0.15, -0.1) is 0 Å². The summed E-state index contributed by atoms with van der Waals surface area (Å²) in [4.78, 5) is 69.0. The number of imide groups is 1. The maximum absolute atomic E-state index is 13.5. The Balaban J connectivity index is 0.805. The highest BCUT2D eigenvalue weighted by molar-refractivity contribution is 6.01. The molecule has 1 unspecified atom stereocenters. The molecule has 1 atom stereocenters. The number of piperidine rings is 3. The van der Waals surface area contributed by atoms with Crippen molar-refractivity contribution in [2.45, 2.75) is 109 Å². The summed E-state index contributed by atoms with van der Waals surface area (Å²) in [6, 6.07) is 13.1. The maximum Gasteiger partial charge on any atom is 0.263 e. The van der Waals surface area contributed by atoms with E-state index in [9.17, 15) is 19.2 Å². The summed E-state index contributed by atoms with van der Waals surface area (Å²) in [5, 5.41) is 6.44. The number of fused-ring (bicyclic) bond motifs is 1. The summed E-state index contributed by atoms with van der Waals surface area (Å²) >= 11 is 0. The standard InChI is InChI=1S/C43H52N8O4/c1-27-36-26-45-43(48-40(36)51(34-5-3-4-6-34)42(55)39(27)28(2)52)46-37-15-9-30(25-44-37)8-7-29-17-21-49(22-18-29)33-19-23-50(24-20-33)32-12-10-31(11-13-32)35-14-16-38(53)47-41(35)54/h9-13,15,25-26,29,33-35H,3-8,14,16-24H2,1-2H3,(H,47,53,54)(H,44,45,46,48). The van der Waals surface area contributed by atoms with Crippen LogP contribution >= 0.6 is 0 Å². The van der Waals surface area contributed by atoms with Crippen LogP contribution in [0.2, 0.25) is 0 Å². The number of rotatable bonds is 10. The molecule has 288 valence electrons. The molecule has 4 fully saturated rings. The fourth-order valence-corrected chi connectivity index (χ4v) is 9.47. The number of benzene rings is 1. The Hall–Kier alpha value is -4.97. The van der Waals surface area contributed by atoms with Gasteiger partial charge in [-0.1, -0.05) is 31.0 Å². The molecule has 1 aromatic carbocycles. The van der Waals surface area contributed by atoms with Crippen molar-refractivity contribution in [3.05, 3.63) is 81.4 Å². The van der Waals surface area contributed by atoms with E-state index in [-0.39, 0.29) is 40.7 Å². The summed E-state index contributed by atoms with van der Waals surface area (Å²) < 4.78 is 1.73. The third-order valence-corrected chi connectivity index (χ3v) is 12.7. The monoisotopic (exact) mass is 744 g/mol. The molecule has 1 saturated carbocycles. The van der Waals surface area contributed by atoms with Gasteiger partial charge in [-0.05, 0) is 126 Å². The Labute approximate surface area is 322 Å². The van der Waals surface area contributed by atoms with Gasteiger partial charge >= 0.3 is 0 Å². The average molecular weight is 745 g/mol. The predicted molar refractivity (Wildman–Crippen MR) is 213 cm³/mol. The lowest BCUT2D eigenvalue weighted by Crippen LogP contribution is -2.47. The summed E-state index contributed by atoms with van der Waals surface area (Å²) in [7, 11) is 0. The number of aryl methyl sites for hydroxylation is 2. The Bertz CT molecular complexity index is 2110. The minimum Gasteiger partial charge on any atom is -0.371 e. The number of carbonyl (C=O) groups is 3. The first-order valence-electron chi connectivity index (χ1n) is 20.3. The van der Waals surface area contributed by atoms with Crippen LogP contribution in [0.4, 0.5) is 17.5 Å². The molecule has 2 N–H and O–H groups in total. The smallest absolute Gasteiger partial charge is 0.263 e. The van der Waals surface area contributed by atoms with E-state index in [1.807, 2.05) is 12.3 Å². The largest absolute Gasteiger partial charge is 0.371 e. The molecule has 4 aromatic rings. The van der Waals surface area contributed by atoms with E-state index >= 15 is 0 Å². The van der Waals surface area contributed by atoms with E-state index in [4.69, 9.17) is 4.98 Å². The molecule has 12 nitrogen and oxygen atoms in total. The zero-order valence-corrected chi connectivity index (χ0v) is 32.1. The zero-order chi connectivity index (χ0) is 38.1. The number of hydrogen-bond donors (Lipinski definition) is 2. The second-order valence-electron chi connectivity index (χ2n) is 16.1. The third kappa shape index (κ3) is 7.92. The van der Waals surface area contributed by atoms with Gasteiger partial charge in [0.05, 0.1) is 11.5 Å². The number of nitrogens with zero attached hydrogens (tertiary/aromatic N) is 6. The number of aromatic nitrogens is 4. The predicted octanol–water partition coefficient (Wildman–Crippen LogP) is 6.39. The molecule has 3 aromatic heterocycles. The molecule has 6 heterocycles. The molecule has 0 radical (unpaired) electrons. The highest BCUT2D eigenvalue weighted by Gasteiger charge is 2.31. The van der Waals surface area contributed by atoms with Crippen LogP contribution < -0.4 is 21.1 Å². The van der Waals surface area contributed by atoms with Gasteiger partial charge in [0.25, 0.3) is 5.56 Å². The third-order valence-electron chi connectivity index (χ3n) is 12.7. The summed E-state index contributed by atoms with van der Waals surface area (Å²) in [5.41, 5.74) is 4.60. The second-order valence-corrected chi connectivity index (χ2v) is 16.1. The molecule has 3 aliphatic heterocycles. The van der Waals surface area contributed by atoms with Crippen molar-refractivity contribution >= 4 is 46.1 Å². The number of carbonyl (C=O) groups excluding carboxylic acids is 3. The van der Waals surface area contributed by atoms with Crippen LogP contribution in [0, 0.1) is 12.8 Å². The van der Waals surface area contributed by atoms with Crippen molar-refractivity contribution in [2.75, 3.05) is 36.4 Å². The number of pyridine rings is 2. The molecule has 0 bridgehead atoms. The topological polar surface area (TPSA) is 142 Å². The first-order chi connectivity index (χ1) is 26.7. The van der Waals surface area contributed by atoms with Gasteiger partial charge < -0.3 is 15.1 Å². The molecule has 0 spiro atoms. The van der Waals surface area contributed by atoms with E-state index < -0.39 is 0 Å². The number of anilines is 3. The molecular formula is C43H52N8O4. The van der Waals surface area contributed by atoms with Crippen molar-refractivity contribution in [3.8, 4) is 0 Å². The lowest BCUT2D eigenvalue weighted by atomic mass is 9.89. The van der Waals surface area contributed by atoms with Gasteiger partial charge in [-0.3, -0.25) is 29.1 Å². The van der Waals surface area contributed by atoms with E-state index in [0.29, 0.717) is 47.8 Å². The van der Waals surface area contributed by atoms with Crippen LogP contribution in [0.3, 0.4) is 0 Å². The Morgan fingerprint density at radius 3 is 2.27 bits per heavy atom. The quantitative estimate of drug-likeness (QED) is 0.139. The van der Waals surface area contributed by atoms with Crippen LogP contribution in [-0.4, -0.2) is 74.2 Å². The van der Waals surface area contributed by atoms with Gasteiger partial charge in [-0.25, -0.2) is 9.97 Å². The molecule has 4 aliphatic rings. The van der Waals surface area contributed by atoms with E-state index in [0.717, 1.165) is 88.5 Å².